The Morgan fingerprint density at radius 1 is 1.58 bits per heavy atom. The molecule has 0 N–H and O–H groups in total. The highest BCUT2D eigenvalue weighted by Gasteiger charge is 2.33. The summed E-state index contributed by atoms with van der Waals surface area (Å²) in [5, 5.41) is 0. The Bertz CT molecular complexity index is 188. The van der Waals surface area contributed by atoms with Gasteiger partial charge in [-0.05, 0) is 18.8 Å². The highest BCUT2D eigenvalue weighted by Crippen LogP contribution is 2.28. The molecule has 0 unspecified atom stereocenters. The van der Waals surface area contributed by atoms with E-state index in [2.05, 4.69) is 0 Å². The minimum Gasteiger partial charge on any atom is -0.299 e. The van der Waals surface area contributed by atoms with Crippen molar-refractivity contribution in [2.75, 3.05) is 0 Å². The molecule has 2 heteroatoms. The van der Waals surface area contributed by atoms with Crippen molar-refractivity contribution < 1.29 is 9.59 Å². The zero-order valence-corrected chi connectivity index (χ0v) is 7.80. The topological polar surface area (TPSA) is 34.1 Å². The molecule has 0 heterocycles. The van der Waals surface area contributed by atoms with E-state index < -0.39 is 0 Å². The first kappa shape index (κ1) is 9.43. The molecule has 0 bridgehead atoms. The van der Waals surface area contributed by atoms with Gasteiger partial charge in [-0.1, -0.05) is 13.8 Å². The van der Waals surface area contributed by atoms with Gasteiger partial charge in [-0.3, -0.25) is 9.59 Å². The van der Waals surface area contributed by atoms with Crippen LogP contribution < -0.4 is 0 Å². The molecule has 2 atom stereocenters. The van der Waals surface area contributed by atoms with Crippen molar-refractivity contribution in [2.45, 2.75) is 39.5 Å². The third kappa shape index (κ3) is 1.74. The molecule has 12 heavy (non-hydrogen) atoms. The average molecular weight is 168 g/mol. The van der Waals surface area contributed by atoms with Gasteiger partial charge in [0.15, 0.2) is 0 Å². The van der Waals surface area contributed by atoms with Crippen LogP contribution in [-0.4, -0.2) is 11.6 Å². The molecule has 0 aromatic carbocycles. The fourth-order valence-electron chi connectivity index (χ4n) is 1.95. The predicted octanol–water partition coefficient (Wildman–Crippen LogP) is 1.97. The van der Waals surface area contributed by atoms with Crippen LogP contribution in [0.3, 0.4) is 0 Å². The first-order chi connectivity index (χ1) is 5.66. The average Bonchev–Trinajstić information content (AvgIpc) is 2.03. The number of rotatable bonds is 2. The molecular weight excluding hydrogens is 152 g/mol. The zero-order chi connectivity index (χ0) is 9.14. The summed E-state index contributed by atoms with van der Waals surface area (Å²) in [5.74, 6) is 0.301. The van der Waals surface area contributed by atoms with Crippen LogP contribution in [0.15, 0.2) is 0 Å². The van der Waals surface area contributed by atoms with Crippen LogP contribution in [0, 0.1) is 11.8 Å². The maximum absolute atomic E-state index is 11.4. The van der Waals surface area contributed by atoms with Crippen LogP contribution >= 0.6 is 0 Å². The van der Waals surface area contributed by atoms with E-state index in [9.17, 15) is 9.59 Å². The molecule has 1 fully saturated rings. The normalized spacial score (nSPS) is 30.3. The van der Waals surface area contributed by atoms with Crippen molar-refractivity contribution in [1.82, 2.24) is 0 Å². The van der Waals surface area contributed by atoms with Crippen LogP contribution in [0.25, 0.3) is 0 Å². The largest absolute Gasteiger partial charge is 0.299 e. The quantitative estimate of drug-likeness (QED) is 0.591. The monoisotopic (exact) mass is 168 g/mol. The van der Waals surface area contributed by atoms with Gasteiger partial charge in [-0.25, -0.2) is 0 Å². The van der Waals surface area contributed by atoms with E-state index in [1.165, 1.54) is 0 Å². The Kier molecular flexibility index (Phi) is 3.01. The summed E-state index contributed by atoms with van der Waals surface area (Å²) in [6.07, 6.45) is 3.11. The standard InChI is InChI=1S/C10H16O2/c1-3-8(11)10-7(2)5-4-6-9(10)12/h7,10H,3-6H2,1-2H3/t7-,10-/m0/s1. The van der Waals surface area contributed by atoms with Gasteiger partial charge in [0.25, 0.3) is 0 Å². The first-order valence-corrected chi connectivity index (χ1v) is 4.72. The third-order valence-corrected chi connectivity index (χ3v) is 2.69. The van der Waals surface area contributed by atoms with Gasteiger partial charge in [0.2, 0.25) is 0 Å². The molecule has 0 radical (unpaired) electrons. The van der Waals surface area contributed by atoms with Crippen LogP contribution in [0.4, 0.5) is 0 Å². The maximum Gasteiger partial charge on any atom is 0.143 e. The van der Waals surface area contributed by atoms with Crippen molar-refractivity contribution in [1.29, 1.82) is 0 Å². The number of hydrogen-bond acceptors (Lipinski definition) is 2. The number of ketones is 2. The molecule has 1 saturated carbocycles. The molecule has 1 rings (SSSR count). The van der Waals surface area contributed by atoms with Crippen molar-refractivity contribution in [3.8, 4) is 0 Å². The van der Waals surface area contributed by atoms with Crippen LogP contribution in [-0.2, 0) is 9.59 Å². The maximum atomic E-state index is 11.4. The lowest BCUT2D eigenvalue weighted by Crippen LogP contribution is -2.33. The second-order valence-corrected chi connectivity index (χ2v) is 3.63. The van der Waals surface area contributed by atoms with E-state index in [-0.39, 0.29) is 23.4 Å². The van der Waals surface area contributed by atoms with Crippen molar-refractivity contribution >= 4 is 11.6 Å². The molecule has 0 spiro atoms. The first-order valence-electron chi connectivity index (χ1n) is 4.72. The Morgan fingerprint density at radius 3 is 2.75 bits per heavy atom. The van der Waals surface area contributed by atoms with E-state index >= 15 is 0 Å². The minimum absolute atomic E-state index is 0.132. The van der Waals surface area contributed by atoms with Crippen LogP contribution in [0.5, 0.6) is 0 Å². The summed E-state index contributed by atoms with van der Waals surface area (Å²) in [6, 6.07) is 0. The van der Waals surface area contributed by atoms with Gasteiger partial charge >= 0.3 is 0 Å². The van der Waals surface area contributed by atoms with Gasteiger partial charge in [0, 0.05) is 12.8 Å². The van der Waals surface area contributed by atoms with Crippen molar-refractivity contribution in [2.24, 2.45) is 11.8 Å². The molecule has 0 saturated heterocycles. The Hall–Kier alpha value is -0.660. The highest BCUT2D eigenvalue weighted by molar-refractivity contribution is 6.02. The van der Waals surface area contributed by atoms with Crippen LogP contribution in [0.2, 0.25) is 0 Å². The van der Waals surface area contributed by atoms with E-state index in [0.29, 0.717) is 12.8 Å². The van der Waals surface area contributed by atoms with E-state index in [1.807, 2.05) is 13.8 Å². The van der Waals surface area contributed by atoms with Crippen molar-refractivity contribution in [3.63, 3.8) is 0 Å². The lowest BCUT2D eigenvalue weighted by Gasteiger charge is -2.25. The summed E-state index contributed by atoms with van der Waals surface area (Å²) in [7, 11) is 0. The van der Waals surface area contributed by atoms with Gasteiger partial charge in [0.1, 0.15) is 11.6 Å². The zero-order valence-electron chi connectivity index (χ0n) is 7.80. The lowest BCUT2D eigenvalue weighted by atomic mass is 9.76. The Labute approximate surface area is 73.3 Å². The molecule has 0 aromatic heterocycles. The molecule has 2 nitrogen and oxygen atoms in total. The van der Waals surface area contributed by atoms with E-state index in [0.717, 1.165) is 12.8 Å². The third-order valence-electron chi connectivity index (χ3n) is 2.69. The van der Waals surface area contributed by atoms with Crippen molar-refractivity contribution in [3.05, 3.63) is 0 Å². The van der Waals surface area contributed by atoms with Gasteiger partial charge in [-0.15, -0.1) is 0 Å². The van der Waals surface area contributed by atoms with Gasteiger partial charge < -0.3 is 0 Å². The summed E-state index contributed by atoms with van der Waals surface area (Å²) < 4.78 is 0. The Balaban J connectivity index is 2.69. The Morgan fingerprint density at radius 2 is 2.25 bits per heavy atom. The molecule has 0 aliphatic heterocycles. The second-order valence-electron chi connectivity index (χ2n) is 3.63. The smallest absolute Gasteiger partial charge is 0.143 e. The van der Waals surface area contributed by atoms with E-state index in [1.54, 1.807) is 0 Å². The molecule has 1 aliphatic carbocycles. The van der Waals surface area contributed by atoms with Gasteiger partial charge in [-0.2, -0.15) is 0 Å². The van der Waals surface area contributed by atoms with Crippen LogP contribution in [0.1, 0.15) is 39.5 Å². The summed E-state index contributed by atoms with van der Waals surface area (Å²) in [5.41, 5.74) is 0. The molecular formula is C10H16O2. The number of hydrogen-bond donors (Lipinski definition) is 0. The summed E-state index contributed by atoms with van der Waals surface area (Å²) in [6.45, 7) is 3.84. The number of carbonyl (C=O) groups is 2. The number of carbonyl (C=O) groups excluding carboxylic acids is 2. The fourth-order valence-corrected chi connectivity index (χ4v) is 1.95. The minimum atomic E-state index is -0.274. The predicted molar refractivity (Wildman–Crippen MR) is 46.8 cm³/mol. The lowest BCUT2D eigenvalue weighted by molar-refractivity contribution is -0.136. The van der Waals surface area contributed by atoms with Gasteiger partial charge in [0.05, 0.1) is 5.92 Å². The van der Waals surface area contributed by atoms with E-state index in [4.69, 9.17) is 0 Å². The second kappa shape index (κ2) is 3.83. The molecule has 0 aromatic rings. The summed E-state index contributed by atoms with van der Waals surface area (Å²) >= 11 is 0. The summed E-state index contributed by atoms with van der Waals surface area (Å²) in [4.78, 5) is 22.8. The molecule has 0 amide bonds. The molecule has 1 aliphatic rings. The number of Topliss-reactive ketones (excluding diaryl/α,β-unsaturated/α-hetero) is 2. The highest BCUT2D eigenvalue weighted by atomic mass is 16.1. The molecule has 68 valence electrons. The SMILES string of the molecule is CCC(=O)[C@H]1C(=O)CCC[C@@H]1C. The fraction of sp³-hybridized carbons (Fsp3) is 0.800.